The van der Waals surface area contributed by atoms with Crippen LogP contribution < -0.4 is 10.6 Å². The number of rotatable bonds is 1. The standard InChI is InChI=1S/C14H16BrN3/c15-10-8-11-12(16)4-5-13(14(11)17-9-10)18-6-2-1-3-7-18/h4-5,8-9H,1-3,6-7,16H2. The molecule has 1 aromatic heterocycles. The smallest absolute Gasteiger partial charge is 0.0956 e. The molecule has 0 saturated carbocycles. The fraction of sp³-hybridized carbons (Fsp3) is 0.357. The van der Waals surface area contributed by atoms with Crippen molar-refractivity contribution in [3.05, 3.63) is 28.9 Å². The quantitative estimate of drug-likeness (QED) is 0.819. The lowest BCUT2D eigenvalue weighted by Crippen LogP contribution is -2.29. The number of anilines is 2. The molecule has 2 N–H and O–H groups in total. The monoisotopic (exact) mass is 305 g/mol. The molecule has 0 spiro atoms. The van der Waals surface area contributed by atoms with Crippen molar-refractivity contribution in [2.75, 3.05) is 23.7 Å². The van der Waals surface area contributed by atoms with Crippen LogP contribution in [0.25, 0.3) is 10.9 Å². The van der Waals surface area contributed by atoms with Gasteiger partial charge in [-0.05, 0) is 53.4 Å². The first-order chi connectivity index (χ1) is 8.75. The highest BCUT2D eigenvalue weighted by atomic mass is 79.9. The van der Waals surface area contributed by atoms with Gasteiger partial charge in [-0.3, -0.25) is 4.98 Å². The fourth-order valence-corrected chi connectivity index (χ4v) is 2.92. The summed E-state index contributed by atoms with van der Waals surface area (Å²) in [6, 6.07) is 6.13. The number of benzene rings is 1. The number of hydrogen-bond acceptors (Lipinski definition) is 3. The predicted octanol–water partition coefficient (Wildman–Crippen LogP) is 3.57. The molecule has 3 nitrogen and oxygen atoms in total. The summed E-state index contributed by atoms with van der Waals surface area (Å²) in [5, 5.41) is 1.03. The van der Waals surface area contributed by atoms with E-state index in [2.05, 4.69) is 31.9 Å². The molecule has 0 radical (unpaired) electrons. The molecule has 0 atom stereocenters. The van der Waals surface area contributed by atoms with Crippen molar-refractivity contribution >= 4 is 38.2 Å². The van der Waals surface area contributed by atoms with E-state index in [1.807, 2.05) is 18.3 Å². The van der Waals surface area contributed by atoms with E-state index in [0.717, 1.165) is 34.2 Å². The van der Waals surface area contributed by atoms with E-state index < -0.39 is 0 Å². The number of aromatic nitrogens is 1. The van der Waals surface area contributed by atoms with Crippen LogP contribution in [0.3, 0.4) is 0 Å². The second-order valence-electron chi connectivity index (χ2n) is 4.77. The zero-order valence-electron chi connectivity index (χ0n) is 10.2. The first-order valence-electron chi connectivity index (χ1n) is 6.34. The van der Waals surface area contributed by atoms with E-state index in [1.54, 1.807) is 0 Å². The molecule has 2 aromatic rings. The third kappa shape index (κ3) is 2.05. The van der Waals surface area contributed by atoms with Crippen LogP contribution in [0.1, 0.15) is 19.3 Å². The molecule has 0 unspecified atom stereocenters. The number of pyridine rings is 1. The van der Waals surface area contributed by atoms with E-state index in [0.29, 0.717) is 0 Å². The number of fused-ring (bicyclic) bond motifs is 1. The summed E-state index contributed by atoms with van der Waals surface area (Å²) in [5.41, 5.74) is 9.06. The van der Waals surface area contributed by atoms with Gasteiger partial charge in [-0.25, -0.2) is 0 Å². The summed E-state index contributed by atoms with van der Waals surface area (Å²) in [6.07, 6.45) is 5.71. The van der Waals surface area contributed by atoms with Crippen LogP contribution in [0.2, 0.25) is 0 Å². The van der Waals surface area contributed by atoms with Crippen molar-refractivity contribution < 1.29 is 0 Å². The molecule has 1 aromatic carbocycles. The summed E-state index contributed by atoms with van der Waals surface area (Å²) in [4.78, 5) is 6.97. The van der Waals surface area contributed by atoms with Crippen LogP contribution >= 0.6 is 15.9 Å². The lowest BCUT2D eigenvalue weighted by Gasteiger charge is -2.29. The molecule has 1 aliphatic heterocycles. The van der Waals surface area contributed by atoms with Crippen molar-refractivity contribution in [3.63, 3.8) is 0 Å². The highest BCUT2D eigenvalue weighted by Gasteiger charge is 2.15. The number of nitrogens with two attached hydrogens (primary N) is 1. The van der Waals surface area contributed by atoms with Gasteiger partial charge in [0.05, 0.1) is 11.2 Å². The second kappa shape index (κ2) is 4.76. The van der Waals surface area contributed by atoms with Crippen molar-refractivity contribution in [3.8, 4) is 0 Å². The van der Waals surface area contributed by atoms with Crippen molar-refractivity contribution in [1.29, 1.82) is 0 Å². The number of piperidine rings is 1. The van der Waals surface area contributed by atoms with Crippen molar-refractivity contribution in [2.24, 2.45) is 0 Å². The van der Waals surface area contributed by atoms with Crippen molar-refractivity contribution in [2.45, 2.75) is 19.3 Å². The molecule has 0 aliphatic carbocycles. The first-order valence-corrected chi connectivity index (χ1v) is 7.14. The average molecular weight is 306 g/mol. The lowest BCUT2D eigenvalue weighted by atomic mass is 10.1. The van der Waals surface area contributed by atoms with E-state index in [-0.39, 0.29) is 0 Å². The van der Waals surface area contributed by atoms with Crippen LogP contribution in [0, 0.1) is 0 Å². The van der Waals surface area contributed by atoms with Gasteiger partial charge in [-0.15, -0.1) is 0 Å². The molecule has 2 heterocycles. The van der Waals surface area contributed by atoms with Gasteiger partial charge in [0.25, 0.3) is 0 Å². The summed E-state index contributed by atoms with van der Waals surface area (Å²) < 4.78 is 0.970. The Bertz CT molecular complexity index is 577. The van der Waals surface area contributed by atoms with Gasteiger partial charge in [0.1, 0.15) is 0 Å². The van der Waals surface area contributed by atoms with Gasteiger partial charge >= 0.3 is 0 Å². The van der Waals surface area contributed by atoms with Gasteiger partial charge in [-0.1, -0.05) is 0 Å². The van der Waals surface area contributed by atoms with Crippen LogP contribution in [-0.2, 0) is 0 Å². The van der Waals surface area contributed by atoms with Gasteiger partial charge in [0, 0.05) is 34.8 Å². The molecule has 0 bridgehead atoms. The predicted molar refractivity (Wildman–Crippen MR) is 79.9 cm³/mol. The van der Waals surface area contributed by atoms with Crippen LogP contribution in [0.5, 0.6) is 0 Å². The van der Waals surface area contributed by atoms with Gasteiger partial charge in [0.15, 0.2) is 0 Å². The molecule has 1 aliphatic rings. The Balaban J connectivity index is 2.14. The van der Waals surface area contributed by atoms with Crippen LogP contribution in [0.15, 0.2) is 28.9 Å². The lowest BCUT2D eigenvalue weighted by molar-refractivity contribution is 0.579. The Morgan fingerprint density at radius 1 is 1.17 bits per heavy atom. The van der Waals surface area contributed by atoms with Crippen LogP contribution in [-0.4, -0.2) is 18.1 Å². The Kier molecular flexibility index (Phi) is 3.12. The molecule has 1 saturated heterocycles. The SMILES string of the molecule is Nc1ccc(N2CCCCC2)c2ncc(Br)cc12. The van der Waals surface area contributed by atoms with E-state index in [1.165, 1.54) is 24.9 Å². The van der Waals surface area contributed by atoms with Crippen molar-refractivity contribution in [1.82, 2.24) is 4.98 Å². The minimum atomic E-state index is 0.791. The molecule has 0 amide bonds. The summed E-state index contributed by atoms with van der Waals surface area (Å²) in [5.74, 6) is 0. The third-order valence-electron chi connectivity index (χ3n) is 3.53. The maximum atomic E-state index is 6.04. The van der Waals surface area contributed by atoms with Gasteiger partial charge in [-0.2, -0.15) is 0 Å². The van der Waals surface area contributed by atoms with E-state index >= 15 is 0 Å². The Hall–Kier alpha value is -1.29. The Labute approximate surface area is 115 Å². The number of nitrogen functional groups attached to an aromatic ring is 1. The minimum Gasteiger partial charge on any atom is -0.398 e. The normalized spacial score (nSPS) is 16.2. The average Bonchev–Trinajstić information content (AvgIpc) is 2.41. The first kappa shape index (κ1) is 11.8. The third-order valence-corrected chi connectivity index (χ3v) is 3.96. The highest BCUT2D eigenvalue weighted by molar-refractivity contribution is 9.10. The summed E-state index contributed by atoms with van der Waals surface area (Å²) in [6.45, 7) is 2.24. The maximum absolute atomic E-state index is 6.04. The van der Waals surface area contributed by atoms with E-state index in [9.17, 15) is 0 Å². The molecule has 3 rings (SSSR count). The summed E-state index contributed by atoms with van der Waals surface area (Å²) in [7, 11) is 0. The Morgan fingerprint density at radius 2 is 1.94 bits per heavy atom. The molecular formula is C14H16BrN3. The number of hydrogen-bond donors (Lipinski definition) is 1. The largest absolute Gasteiger partial charge is 0.398 e. The second-order valence-corrected chi connectivity index (χ2v) is 5.69. The molecule has 1 fully saturated rings. The highest BCUT2D eigenvalue weighted by Crippen LogP contribution is 2.32. The number of halogens is 1. The summed E-state index contributed by atoms with van der Waals surface area (Å²) >= 11 is 3.46. The fourth-order valence-electron chi connectivity index (χ4n) is 2.59. The molecule has 4 heteroatoms. The van der Waals surface area contributed by atoms with Crippen LogP contribution in [0.4, 0.5) is 11.4 Å². The minimum absolute atomic E-state index is 0.791. The topological polar surface area (TPSA) is 42.1 Å². The zero-order valence-corrected chi connectivity index (χ0v) is 11.8. The molecular weight excluding hydrogens is 290 g/mol. The van der Waals surface area contributed by atoms with E-state index in [4.69, 9.17) is 5.73 Å². The molecule has 18 heavy (non-hydrogen) atoms. The zero-order chi connectivity index (χ0) is 12.5. The van der Waals surface area contributed by atoms with Gasteiger partial charge < -0.3 is 10.6 Å². The Morgan fingerprint density at radius 3 is 2.72 bits per heavy atom. The number of nitrogens with zero attached hydrogens (tertiary/aromatic N) is 2. The van der Waals surface area contributed by atoms with Gasteiger partial charge in [0.2, 0.25) is 0 Å². The maximum Gasteiger partial charge on any atom is 0.0956 e. The molecule has 94 valence electrons.